The fourth-order valence-electron chi connectivity index (χ4n) is 1.58. The maximum atomic E-state index is 11.6. The highest BCUT2D eigenvalue weighted by Crippen LogP contribution is 2.29. The molecule has 0 saturated heterocycles. The smallest absolute Gasteiger partial charge is 0.322 e. The molecule has 0 aliphatic rings. The Hall–Kier alpha value is -2.83. The molecule has 98 valence electrons. The van der Waals surface area contributed by atoms with Crippen molar-refractivity contribution in [2.75, 3.05) is 6.54 Å². The number of benzene rings is 1. The largest absolute Gasteiger partial charge is 0.507 e. The number of carboxylic acid groups (broad SMARTS) is 1. The number of nitrogens with zero attached hydrogens (tertiary/aromatic N) is 1. The maximum absolute atomic E-state index is 11.6. The van der Waals surface area contributed by atoms with E-state index in [0.717, 1.165) is 6.07 Å². The third kappa shape index (κ3) is 2.54. The van der Waals surface area contributed by atoms with Crippen molar-refractivity contribution in [2.45, 2.75) is 0 Å². The highest BCUT2D eigenvalue weighted by molar-refractivity contribution is 5.99. The number of rotatable bonds is 3. The molecule has 2 aromatic rings. The highest BCUT2D eigenvalue weighted by atomic mass is 16.4. The van der Waals surface area contributed by atoms with Crippen LogP contribution in [0.25, 0.3) is 10.9 Å². The number of carboxylic acids is 1. The molecule has 1 aromatic heterocycles. The number of para-hydroxylation sites is 1. The van der Waals surface area contributed by atoms with Crippen LogP contribution < -0.4 is 5.32 Å². The van der Waals surface area contributed by atoms with E-state index in [-0.39, 0.29) is 22.7 Å². The number of aliphatic carboxylic acids is 1. The number of phenols is 1. The van der Waals surface area contributed by atoms with Crippen LogP contribution >= 0.6 is 0 Å². The molecule has 0 aliphatic heterocycles. The fraction of sp³-hybridized carbons (Fsp3) is 0.0833. The number of aromatic hydroxyl groups is 2. The molecule has 0 atom stereocenters. The summed E-state index contributed by atoms with van der Waals surface area (Å²) in [7, 11) is 0. The van der Waals surface area contributed by atoms with Crippen LogP contribution in [0, 0.1) is 0 Å². The third-order valence-electron chi connectivity index (χ3n) is 2.43. The first-order chi connectivity index (χ1) is 8.99. The Bertz CT molecular complexity index is 668. The average molecular weight is 262 g/mol. The summed E-state index contributed by atoms with van der Waals surface area (Å²) in [6, 6.07) is 5.55. The van der Waals surface area contributed by atoms with E-state index in [9.17, 15) is 19.8 Å². The van der Waals surface area contributed by atoms with Crippen molar-refractivity contribution in [3.05, 3.63) is 30.0 Å². The van der Waals surface area contributed by atoms with Gasteiger partial charge < -0.3 is 20.6 Å². The molecule has 0 fully saturated rings. The van der Waals surface area contributed by atoms with E-state index in [2.05, 4.69) is 10.3 Å². The first-order valence-electron chi connectivity index (χ1n) is 5.30. The van der Waals surface area contributed by atoms with Crippen LogP contribution in [0.5, 0.6) is 11.5 Å². The summed E-state index contributed by atoms with van der Waals surface area (Å²) < 4.78 is 0. The lowest BCUT2D eigenvalue weighted by molar-refractivity contribution is -0.135. The summed E-state index contributed by atoms with van der Waals surface area (Å²) >= 11 is 0. The second-order valence-corrected chi connectivity index (χ2v) is 3.78. The molecule has 19 heavy (non-hydrogen) atoms. The lowest BCUT2D eigenvalue weighted by Crippen LogP contribution is -2.29. The summed E-state index contributed by atoms with van der Waals surface area (Å²) in [5.74, 6) is -2.34. The van der Waals surface area contributed by atoms with Crippen molar-refractivity contribution in [2.24, 2.45) is 0 Å². The molecule has 1 aromatic carbocycles. The van der Waals surface area contributed by atoms with Crippen molar-refractivity contribution in [3.8, 4) is 11.5 Å². The molecule has 0 unspecified atom stereocenters. The van der Waals surface area contributed by atoms with Crippen molar-refractivity contribution in [1.82, 2.24) is 10.3 Å². The Labute approximate surface area is 107 Å². The minimum atomic E-state index is -1.19. The molecular weight excluding hydrogens is 252 g/mol. The molecule has 4 N–H and O–H groups in total. The molecule has 2 rings (SSSR count). The van der Waals surface area contributed by atoms with E-state index < -0.39 is 18.4 Å². The minimum absolute atomic E-state index is 0.0722. The second-order valence-electron chi connectivity index (χ2n) is 3.78. The van der Waals surface area contributed by atoms with Crippen LogP contribution in [0.15, 0.2) is 24.3 Å². The van der Waals surface area contributed by atoms with Crippen molar-refractivity contribution in [3.63, 3.8) is 0 Å². The zero-order chi connectivity index (χ0) is 14.0. The van der Waals surface area contributed by atoms with Gasteiger partial charge in [-0.05, 0) is 12.1 Å². The van der Waals surface area contributed by atoms with Crippen LogP contribution in [-0.2, 0) is 4.79 Å². The normalized spacial score (nSPS) is 10.3. The topological polar surface area (TPSA) is 120 Å². The highest BCUT2D eigenvalue weighted by Gasteiger charge is 2.14. The van der Waals surface area contributed by atoms with Crippen LogP contribution in [-0.4, -0.2) is 38.7 Å². The van der Waals surface area contributed by atoms with Crippen molar-refractivity contribution >= 4 is 22.8 Å². The van der Waals surface area contributed by atoms with Gasteiger partial charge in [0.25, 0.3) is 5.91 Å². The SMILES string of the molecule is O=C(O)CNC(=O)c1cc(O)c2cccc(O)c2n1. The number of amides is 1. The van der Waals surface area contributed by atoms with Gasteiger partial charge in [0.15, 0.2) is 0 Å². The Morgan fingerprint density at radius 2 is 1.95 bits per heavy atom. The molecule has 1 amide bonds. The Balaban J connectivity index is 2.42. The minimum Gasteiger partial charge on any atom is -0.507 e. The lowest BCUT2D eigenvalue weighted by atomic mass is 10.1. The van der Waals surface area contributed by atoms with Crippen molar-refractivity contribution < 1.29 is 24.9 Å². The van der Waals surface area contributed by atoms with E-state index in [0.29, 0.717) is 5.39 Å². The van der Waals surface area contributed by atoms with Crippen LogP contribution in [0.3, 0.4) is 0 Å². The van der Waals surface area contributed by atoms with E-state index in [1.165, 1.54) is 18.2 Å². The quantitative estimate of drug-likeness (QED) is 0.638. The van der Waals surface area contributed by atoms with Crippen LogP contribution in [0.2, 0.25) is 0 Å². The zero-order valence-electron chi connectivity index (χ0n) is 9.62. The molecular formula is C12H10N2O5. The Morgan fingerprint density at radius 3 is 2.63 bits per heavy atom. The molecule has 1 heterocycles. The van der Waals surface area contributed by atoms with E-state index in [1.807, 2.05) is 0 Å². The van der Waals surface area contributed by atoms with Gasteiger partial charge in [-0.3, -0.25) is 9.59 Å². The first kappa shape index (κ1) is 12.6. The summed E-state index contributed by atoms with van der Waals surface area (Å²) in [5, 5.41) is 30.2. The van der Waals surface area contributed by atoms with Gasteiger partial charge in [0, 0.05) is 11.5 Å². The van der Waals surface area contributed by atoms with E-state index in [1.54, 1.807) is 0 Å². The van der Waals surface area contributed by atoms with Crippen LogP contribution in [0.1, 0.15) is 10.5 Å². The molecule has 7 heteroatoms. The number of phenolic OH excluding ortho intramolecular Hbond substituents is 1. The number of nitrogens with one attached hydrogen (secondary N) is 1. The molecule has 0 radical (unpaired) electrons. The number of pyridine rings is 1. The van der Waals surface area contributed by atoms with Gasteiger partial charge in [0.05, 0.1) is 0 Å². The van der Waals surface area contributed by atoms with Gasteiger partial charge in [0.2, 0.25) is 0 Å². The van der Waals surface area contributed by atoms with Gasteiger partial charge in [-0.25, -0.2) is 4.98 Å². The van der Waals surface area contributed by atoms with Gasteiger partial charge in [-0.2, -0.15) is 0 Å². The average Bonchev–Trinajstić information content (AvgIpc) is 2.37. The zero-order valence-corrected chi connectivity index (χ0v) is 9.62. The van der Waals surface area contributed by atoms with E-state index >= 15 is 0 Å². The number of fused-ring (bicyclic) bond motifs is 1. The monoisotopic (exact) mass is 262 g/mol. The van der Waals surface area contributed by atoms with Crippen LogP contribution in [0.4, 0.5) is 0 Å². The maximum Gasteiger partial charge on any atom is 0.322 e. The lowest BCUT2D eigenvalue weighted by Gasteiger charge is -2.06. The summed E-state index contributed by atoms with van der Waals surface area (Å²) in [5.41, 5.74) is -0.101. The number of aromatic nitrogens is 1. The predicted molar refractivity (Wildman–Crippen MR) is 65.0 cm³/mol. The standard InChI is InChI=1S/C12H10N2O5/c15-8-3-1-2-6-9(16)4-7(14-11(6)8)12(19)13-5-10(17)18/h1-4,15H,5H2,(H,13,19)(H,14,16)(H,17,18). The Kier molecular flexibility index (Phi) is 3.19. The fourth-order valence-corrected chi connectivity index (χ4v) is 1.58. The van der Waals surface area contributed by atoms with Crippen molar-refractivity contribution in [1.29, 1.82) is 0 Å². The van der Waals surface area contributed by atoms with Gasteiger partial charge in [-0.15, -0.1) is 0 Å². The number of hydrogen-bond acceptors (Lipinski definition) is 5. The molecule has 0 spiro atoms. The number of carbonyl (C=O) groups is 2. The Morgan fingerprint density at radius 1 is 1.21 bits per heavy atom. The summed E-state index contributed by atoms with van der Waals surface area (Å²) in [6.07, 6.45) is 0. The summed E-state index contributed by atoms with van der Waals surface area (Å²) in [6.45, 7) is -0.555. The number of carbonyl (C=O) groups excluding carboxylic acids is 1. The molecule has 0 saturated carbocycles. The molecule has 0 bridgehead atoms. The second kappa shape index (κ2) is 4.81. The van der Waals surface area contributed by atoms with Gasteiger partial charge in [-0.1, -0.05) is 6.07 Å². The molecule has 0 aliphatic carbocycles. The van der Waals surface area contributed by atoms with Gasteiger partial charge in [0.1, 0.15) is 29.3 Å². The molecule has 7 nitrogen and oxygen atoms in total. The summed E-state index contributed by atoms with van der Waals surface area (Å²) in [4.78, 5) is 25.9. The first-order valence-corrected chi connectivity index (χ1v) is 5.30. The predicted octanol–water partition coefficient (Wildman–Crippen LogP) is 0.460. The van der Waals surface area contributed by atoms with E-state index in [4.69, 9.17) is 5.11 Å². The van der Waals surface area contributed by atoms with Gasteiger partial charge >= 0.3 is 5.97 Å². The third-order valence-corrected chi connectivity index (χ3v) is 2.43. The number of hydrogen-bond donors (Lipinski definition) is 4.